The summed E-state index contributed by atoms with van der Waals surface area (Å²) in [4.78, 5) is 12.2. The molecule has 2 aromatic rings. The smallest absolute Gasteiger partial charge is 0.267 e. The first-order chi connectivity index (χ1) is 11.6. The standard InChI is InChI=1S/C19H19N3O2/c1-14-5-3-4-6-18(14)22-19(23)16(11-20)13-21-12-15-7-9-17(24-2)10-8-15/h3-10,13,21H,12H2,1-2H3,(H,22,23)/b16-13-. The van der Waals surface area contributed by atoms with E-state index in [2.05, 4.69) is 10.6 Å². The molecule has 122 valence electrons. The number of carbonyl (C=O) groups is 1. The van der Waals surface area contributed by atoms with E-state index in [0.717, 1.165) is 16.9 Å². The fourth-order valence-corrected chi connectivity index (χ4v) is 2.07. The van der Waals surface area contributed by atoms with E-state index in [9.17, 15) is 10.1 Å². The van der Waals surface area contributed by atoms with Crippen molar-refractivity contribution in [1.82, 2.24) is 5.32 Å². The third-order valence-electron chi connectivity index (χ3n) is 3.47. The predicted molar refractivity (Wildman–Crippen MR) is 93.3 cm³/mol. The number of nitriles is 1. The summed E-state index contributed by atoms with van der Waals surface area (Å²) in [6.07, 6.45) is 1.43. The SMILES string of the molecule is COc1ccc(CN/C=C(/C#N)C(=O)Nc2ccccc2C)cc1. The second-order valence-electron chi connectivity index (χ2n) is 5.17. The number of nitrogens with one attached hydrogen (secondary N) is 2. The monoisotopic (exact) mass is 321 g/mol. The minimum Gasteiger partial charge on any atom is -0.497 e. The molecule has 0 fully saturated rings. The van der Waals surface area contributed by atoms with E-state index in [0.29, 0.717) is 12.2 Å². The number of hydrogen-bond acceptors (Lipinski definition) is 4. The zero-order valence-electron chi connectivity index (χ0n) is 13.7. The molecule has 0 radical (unpaired) electrons. The van der Waals surface area contributed by atoms with Gasteiger partial charge in [-0.1, -0.05) is 30.3 Å². The van der Waals surface area contributed by atoms with Crippen molar-refractivity contribution in [3.05, 3.63) is 71.4 Å². The van der Waals surface area contributed by atoms with E-state index < -0.39 is 5.91 Å². The topological polar surface area (TPSA) is 74.1 Å². The highest BCUT2D eigenvalue weighted by molar-refractivity contribution is 6.06. The summed E-state index contributed by atoms with van der Waals surface area (Å²) >= 11 is 0. The van der Waals surface area contributed by atoms with Gasteiger partial charge in [-0.15, -0.1) is 0 Å². The Labute approximate surface area is 141 Å². The van der Waals surface area contributed by atoms with Crippen molar-refractivity contribution in [3.63, 3.8) is 0 Å². The van der Waals surface area contributed by atoms with Crippen LogP contribution in [-0.4, -0.2) is 13.0 Å². The first kappa shape index (κ1) is 17.1. The van der Waals surface area contributed by atoms with Crippen molar-refractivity contribution in [2.75, 3.05) is 12.4 Å². The Kier molecular flexibility index (Phi) is 5.98. The second-order valence-corrected chi connectivity index (χ2v) is 5.17. The van der Waals surface area contributed by atoms with Crippen LogP contribution in [0.15, 0.2) is 60.3 Å². The maximum atomic E-state index is 12.2. The molecule has 5 nitrogen and oxygen atoms in total. The molecule has 2 N–H and O–H groups in total. The van der Waals surface area contributed by atoms with Gasteiger partial charge in [0.2, 0.25) is 0 Å². The summed E-state index contributed by atoms with van der Waals surface area (Å²) in [5.41, 5.74) is 2.67. The molecule has 0 aliphatic rings. The minimum absolute atomic E-state index is 0.0202. The van der Waals surface area contributed by atoms with Crippen LogP contribution in [0, 0.1) is 18.3 Å². The van der Waals surface area contributed by atoms with Gasteiger partial charge in [0.05, 0.1) is 7.11 Å². The largest absolute Gasteiger partial charge is 0.497 e. The van der Waals surface area contributed by atoms with Crippen molar-refractivity contribution >= 4 is 11.6 Å². The number of rotatable bonds is 6. The summed E-state index contributed by atoms with van der Waals surface area (Å²) in [5, 5.41) is 14.9. The van der Waals surface area contributed by atoms with E-state index >= 15 is 0 Å². The first-order valence-electron chi connectivity index (χ1n) is 7.47. The van der Waals surface area contributed by atoms with Crippen LogP contribution in [0.5, 0.6) is 5.75 Å². The van der Waals surface area contributed by atoms with Crippen LogP contribution in [0.25, 0.3) is 0 Å². The highest BCUT2D eigenvalue weighted by Crippen LogP contribution is 2.14. The third-order valence-corrected chi connectivity index (χ3v) is 3.47. The number of anilines is 1. The zero-order valence-corrected chi connectivity index (χ0v) is 13.7. The number of amides is 1. The average molecular weight is 321 g/mol. The third kappa shape index (κ3) is 4.62. The van der Waals surface area contributed by atoms with Gasteiger partial charge >= 0.3 is 0 Å². The molecule has 0 aromatic heterocycles. The van der Waals surface area contributed by atoms with Crippen LogP contribution in [0.4, 0.5) is 5.69 Å². The summed E-state index contributed by atoms with van der Waals surface area (Å²) in [5.74, 6) is 0.346. The van der Waals surface area contributed by atoms with Crippen LogP contribution in [0.1, 0.15) is 11.1 Å². The summed E-state index contributed by atoms with van der Waals surface area (Å²) in [6, 6.07) is 16.9. The van der Waals surface area contributed by atoms with Gasteiger partial charge in [-0.25, -0.2) is 0 Å². The maximum Gasteiger partial charge on any atom is 0.267 e. The molecule has 0 bridgehead atoms. The lowest BCUT2D eigenvalue weighted by Gasteiger charge is -2.08. The Hall–Kier alpha value is -3.26. The first-order valence-corrected chi connectivity index (χ1v) is 7.47. The fourth-order valence-electron chi connectivity index (χ4n) is 2.07. The van der Waals surface area contributed by atoms with Crippen LogP contribution in [0.3, 0.4) is 0 Å². The number of methoxy groups -OCH3 is 1. The van der Waals surface area contributed by atoms with Gasteiger partial charge in [-0.2, -0.15) is 5.26 Å². The highest BCUT2D eigenvalue weighted by atomic mass is 16.5. The number of para-hydroxylation sites is 1. The Balaban J connectivity index is 1.97. The summed E-state index contributed by atoms with van der Waals surface area (Å²) in [7, 11) is 1.61. The molecule has 0 unspecified atom stereocenters. The molecule has 0 saturated carbocycles. The molecular weight excluding hydrogens is 302 g/mol. The molecule has 0 saturated heterocycles. The molecule has 5 heteroatoms. The molecule has 24 heavy (non-hydrogen) atoms. The van der Waals surface area contributed by atoms with E-state index in [1.807, 2.05) is 55.5 Å². The van der Waals surface area contributed by atoms with Gasteiger partial charge in [-0.3, -0.25) is 4.79 Å². The van der Waals surface area contributed by atoms with Crippen molar-refractivity contribution in [1.29, 1.82) is 5.26 Å². The van der Waals surface area contributed by atoms with Gasteiger partial charge in [-0.05, 0) is 36.2 Å². The lowest BCUT2D eigenvalue weighted by Crippen LogP contribution is -2.17. The van der Waals surface area contributed by atoms with Crippen LogP contribution in [-0.2, 0) is 11.3 Å². The number of aryl methyl sites for hydroxylation is 1. The molecule has 0 aliphatic heterocycles. The predicted octanol–water partition coefficient (Wildman–Crippen LogP) is 3.14. The lowest BCUT2D eigenvalue weighted by molar-refractivity contribution is -0.112. The Morgan fingerprint density at radius 3 is 2.54 bits per heavy atom. The van der Waals surface area contributed by atoms with Crippen molar-refractivity contribution in [2.45, 2.75) is 13.5 Å². The fraction of sp³-hybridized carbons (Fsp3) is 0.158. The van der Waals surface area contributed by atoms with Crippen molar-refractivity contribution in [2.24, 2.45) is 0 Å². The summed E-state index contributed by atoms with van der Waals surface area (Å²) in [6.45, 7) is 2.40. The molecule has 0 aliphatic carbocycles. The van der Waals surface area contributed by atoms with Crippen LogP contribution >= 0.6 is 0 Å². The minimum atomic E-state index is -0.436. The van der Waals surface area contributed by atoms with Crippen LogP contribution < -0.4 is 15.4 Å². The van der Waals surface area contributed by atoms with Gasteiger partial charge < -0.3 is 15.4 Å². The molecule has 0 heterocycles. The molecule has 0 atom stereocenters. The average Bonchev–Trinajstić information content (AvgIpc) is 2.61. The normalized spacial score (nSPS) is 10.6. The Morgan fingerprint density at radius 1 is 1.21 bits per heavy atom. The zero-order chi connectivity index (χ0) is 17.4. The van der Waals surface area contributed by atoms with Crippen molar-refractivity contribution in [3.8, 4) is 11.8 Å². The van der Waals surface area contributed by atoms with Gasteiger partial charge in [0.1, 0.15) is 17.4 Å². The number of carbonyl (C=O) groups excluding carboxylic acids is 1. The number of nitrogens with zero attached hydrogens (tertiary/aromatic N) is 1. The number of ether oxygens (including phenoxy) is 1. The van der Waals surface area contributed by atoms with Gasteiger partial charge in [0, 0.05) is 18.4 Å². The molecule has 2 rings (SSSR count). The van der Waals surface area contributed by atoms with E-state index in [4.69, 9.17) is 4.74 Å². The van der Waals surface area contributed by atoms with E-state index in [1.54, 1.807) is 13.2 Å². The Morgan fingerprint density at radius 2 is 1.92 bits per heavy atom. The number of hydrogen-bond donors (Lipinski definition) is 2. The van der Waals surface area contributed by atoms with Crippen molar-refractivity contribution < 1.29 is 9.53 Å². The molecule has 0 spiro atoms. The molecular formula is C19H19N3O2. The lowest BCUT2D eigenvalue weighted by atomic mass is 10.2. The van der Waals surface area contributed by atoms with Gasteiger partial charge in [0.25, 0.3) is 5.91 Å². The van der Waals surface area contributed by atoms with E-state index in [1.165, 1.54) is 6.20 Å². The number of benzene rings is 2. The Bertz CT molecular complexity index is 774. The second kappa shape index (κ2) is 8.39. The molecule has 2 aromatic carbocycles. The summed E-state index contributed by atoms with van der Waals surface area (Å²) < 4.78 is 5.10. The van der Waals surface area contributed by atoms with Gasteiger partial charge in [0.15, 0.2) is 0 Å². The highest BCUT2D eigenvalue weighted by Gasteiger charge is 2.10. The molecule has 1 amide bonds. The van der Waals surface area contributed by atoms with E-state index in [-0.39, 0.29) is 5.57 Å². The maximum absolute atomic E-state index is 12.2. The quantitative estimate of drug-likeness (QED) is 0.633. The van der Waals surface area contributed by atoms with Crippen LogP contribution in [0.2, 0.25) is 0 Å².